The number of rotatable bonds is 9. The van der Waals surface area contributed by atoms with E-state index in [1.54, 1.807) is 48.5 Å². The van der Waals surface area contributed by atoms with Crippen LogP contribution in [0.4, 0.5) is 0 Å². The Kier molecular flexibility index (Phi) is 6.51. The van der Waals surface area contributed by atoms with E-state index in [0.29, 0.717) is 5.56 Å². The molecule has 1 atom stereocenters. The molecule has 0 aliphatic carbocycles. The number of phosphoric ester groups is 1. The van der Waals surface area contributed by atoms with Gasteiger partial charge in [0.2, 0.25) is 0 Å². The zero-order chi connectivity index (χ0) is 21.6. The Morgan fingerprint density at radius 3 is 2.07 bits per heavy atom. The maximum Gasteiger partial charge on any atom is 0.584 e. The molecule has 0 aliphatic rings. The maximum atomic E-state index is 12.9. The molecule has 0 radical (unpaired) electrons. The standard InChI is InChI=1S/C21H17O8P/c22-20(23)14-27-19-12-11-17(13-18(19)21(24)15-7-3-1-4-8-15)29-30(25,26)28-16-9-5-2-6-10-16/h1-13H,14H2,(H,22,23)(H,25,26). The summed E-state index contributed by atoms with van der Waals surface area (Å²) in [7, 11) is -4.55. The molecule has 0 bridgehead atoms. The van der Waals surface area contributed by atoms with Gasteiger partial charge < -0.3 is 18.9 Å². The molecule has 0 aromatic heterocycles. The monoisotopic (exact) mass is 428 g/mol. The Balaban J connectivity index is 1.89. The van der Waals surface area contributed by atoms with Crippen molar-refractivity contribution < 1.29 is 37.9 Å². The molecule has 3 rings (SSSR count). The van der Waals surface area contributed by atoms with Crippen molar-refractivity contribution in [1.82, 2.24) is 0 Å². The molecule has 154 valence electrons. The summed E-state index contributed by atoms with van der Waals surface area (Å²) < 4.78 is 27.6. The first kappa shape index (κ1) is 21.1. The second-order valence-electron chi connectivity index (χ2n) is 6.00. The van der Waals surface area contributed by atoms with E-state index < -0.39 is 26.2 Å². The summed E-state index contributed by atoms with van der Waals surface area (Å²) in [5.41, 5.74) is 0.294. The minimum Gasteiger partial charge on any atom is -0.481 e. The number of hydrogen-bond acceptors (Lipinski definition) is 6. The average Bonchev–Trinajstić information content (AvgIpc) is 2.73. The number of carboxylic acids is 1. The van der Waals surface area contributed by atoms with E-state index in [9.17, 15) is 19.0 Å². The third-order valence-corrected chi connectivity index (χ3v) is 4.65. The van der Waals surface area contributed by atoms with Crippen LogP contribution in [0.25, 0.3) is 0 Å². The highest BCUT2D eigenvalue weighted by molar-refractivity contribution is 7.48. The van der Waals surface area contributed by atoms with Crippen LogP contribution in [0.1, 0.15) is 15.9 Å². The molecule has 0 fully saturated rings. The summed E-state index contributed by atoms with van der Waals surface area (Å²) in [5.74, 6) is -1.69. The van der Waals surface area contributed by atoms with E-state index in [1.807, 2.05) is 0 Å². The largest absolute Gasteiger partial charge is 0.584 e. The number of aliphatic carboxylic acids is 1. The molecule has 0 heterocycles. The van der Waals surface area contributed by atoms with Crippen LogP contribution in [-0.4, -0.2) is 28.4 Å². The first-order valence-electron chi connectivity index (χ1n) is 8.69. The molecule has 8 nitrogen and oxygen atoms in total. The van der Waals surface area contributed by atoms with E-state index in [2.05, 4.69) is 0 Å². The van der Waals surface area contributed by atoms with Crippen LogP contribution < -0.4 is 13.8 Å². The zero-order valence-corrected chi connectivity index (χ0v) is 16.4. The molecule has 0 aliphatic heterocycles. The summed E-state index contributed by atoms with van der Waals surface area (Å²) >= 11 is 0. The Morgan fingerprint density at radius 1 is 0.833 bits per heavy atom. The number of hydrogen-bond donors (Lipinski definition) is 2. The summed E-state index contributed by atoms with van der Waals surface area (Å²) in [4.78, 5) is 33.7. The van der Waals surface area contributed by atoms with Crippen molar-refractivity contribution in [1.29, 1.82) is 0 Å². The van der Waals surface area contributed by atoms with Gasteiger partial charge >= 0.3 is 13.8 Å². The van der Waals surface area contributed by atoms with Crippen LogP contribution in [0.5, 0.6) is 17.2 Å². The number of ether oxygens (including phenoxy) is 1. The van der Waals surface area contributed by atoms with Crippen molar-refractivity contribution in [3.63, 3.8) is 0 Å². The van der Waals surface area contributed by atoms with Crippen LogP contribution in [-0.2, 0) is 9.36 Å². The van der Waals surface area contributed by atoms with Crippen molar-refractivity contribution in [2.24, 2.45) is 0 Å². The van der Waals surface area contributed by atoms with E-state index in [-0.39, 0.29) is 22.8 Å². The molecule has 0 saturated carbocycles. The number of carbonyl (C=O) groups excluding carboxylic acids is 1. The van der Waals surface area contributed by atoms with Gasteiger partial charge in [-0.15, -0.1) is 0 Å². The van der Waals surface area contributed by atoms with Crippen LogP contribution in [0, 0.1) is 0 Å². The quantitative estimate of drug-likeness (QED) is 0.389. The normalized spacial score (nSPS) is 12.4. The number of ketones is 1. The average molecular weight is 428 g/mol. The van der Waals surface area contributed by atoms with Gasteiger partial charge in [0.25, 0.3) is 0 Å². The molecule has 3 aromatic rings. The predicted octanol–water partition coefficient (Wildman–Crippen LogP) is 3.94. The number of phosphoric acid groups is 1. The van der Waals surface area contributed by atoms with Crippen LogP contribution in [0.3, 0.4) is 0 Å². The molecule has 0 saturated heterocycles. The van der Waals surface area contributed by atoms with Gasteiger partial charge in [0.1, 0.15) is 17.2 Å². The lowest BCUT2D eigenvalue weighted by Crippen LogP contribution is -2.12. The van der Waals surface area contributed by atoms with Gasteiger partial charge in [0.05, 0.1) is 5.56 Å². The molecule has 30 heavy (non-hydrogen) atoms. The molecule has 0 spiro atoms. The summed E-state index contributed by atoms with van der Waals surface area (Å²) in [6, 6.07) is 19.9. The molecular formula is C21H17O8P. The minimum atomic E-state index is -4.55. The van der Waals surface area contributed by atoms with Gasteiger partial charge in [-0.2, -0.15) is 0 Å². The number of benzene rings is 3. The van der Waals surface area contributed by atoms with Crippen molar-refractivity contribution in [2.45, 2.75) is 0 Å². The van der Waals surface area contributed by atoms with Crippen molar-refractivity contribution in [3.05, 3.63) is 90.0 Å². The lowest BCUT2D eigenvalue weighted by Gasteiger charge is -2.16. The fourth-order valence-corrected chi connectivity index (χ4v) is 3.33. The Hall–Kier alpha value is -3.61. The van der Waals surface area contributed by atoms with Gasteiger partial charge in [0.15, 0.2) is 12.4 Å². The van der Waals surface area contributed by atoms with Crippen LogP contribution in [0.15, 0.2) is 78.9 Å². The smallest absolute Gasteiger partial charge is 0.481 e. The third kappa shape index (κ3) is 5.70. The first-order valence-corrected chi connectivity index (χ1v) is 10.2. The van der Waals surface area contributed by atoms with Gasteiger partial charge in [-0.05, 0) is 30.3 Å². The lowest BCUT2D eigenvalue weighted by molar-refractivity contribution is -0.139. The highest BCUT2D eigenvalue weighted by atomic mass is 31.2. The molecule has 3 aromatic carbocycles. The molecule has 0 amide bonds. The van der Waals surface area contributed by atoms with E-state index >= 15 is 0 Å². The topological polar surface area (TPSA) is 119 Å². The highest BCUT2D eigenvalue weighted by Gasteiger charge is 2.26. The number of carboxylic acid groups (broad SMARTS) is 1. The predicted molar refractivity (Wildman–Crippen MR) is 107 cm³/mol. The van der Waals surface area contributed by atoms with Gasteiger partial charge in [-0.1, -0.05) is 48.5 Å². The minimum absolute atomic E-state index is 0.00430. The summed E-state index contributed by atoms with van der Waals surface area (Å²) in [6.45, 7) is -0.662. The lowest BCUT2D eigenvalue weighted by atomic mass is 10.0. The summed E-state index contributed by atoms with van der Waals surface area (Å²) in [5, 5.41) is 8.85. The fourth-order valence-electron chi connectivity index (χ4n) is 2.52. The van der Waals surface area contributed by atoms with Gasteiger partial charge in [0, 0.05) is 5.56 Å². The maximum absolute atomic E-state index is 12.9. The van der Waals surface area contributed by atoms with Crippen molar-refractivity contribution in [3.8, 4) is 17.2 Å². The third-order valence-electron chi connectivity index (χ3n) is 3.77. The number of carbonyl (C=O) groups is 2. The molecular weight excluding hydrogens is 411 g/mol. The SMILES string of the molecule is O=C(O)COc1ccc(OP(=O)(O)Oc2ccccc2)cc1C(=O)c1ccccc1. The zero-order valence-electron chi connectivity index (χ0n) is 15.5. The van der Waals surface area contributed by atoms with Gasteiger partial charge in [-0.3, -0.25) is 9.69 Å². The number of para-hydroxylation sites is 1. The Bertz CT molecular complexity index is 1080. The second kappa shape index (κ2) is 9.26. The van der Waals surface area contributed by atoms with E-state index in [1.165, 1.54) is 30.3 Å². The van der Waals surface area contributed by atoms with E-state index in [0.717, 1.165) is 0 Å². The van der Waals surface area contributed by atoms with Gasteiger partial charge in [-0.25, -0.2) is 9.36 Å². The first-order chi connectivity index (χ1) is 14.3. The Morgan fingerprint density at radius 2 is 1.43 bits per heavy atom. The van der Waals surface area contributed by atoms with Crippen LogP contribution in [0.2, 0.25) is 0 Å². The summed E-state index contributed by atoms with van der Waals surface area (Å²) in [6.07, 6.45) is 0. The molecule has 2 N–H and O–H groups in total. The van der Waals surface area contributed by atoms with Crippen LogP contribution >= 0.6 is 7.82 Å². The molecule has 1 unspecified atom stereocenters. The fraction of sp³-hybridized carbons (Fsp3) is 0.0476. The molecule has 9 heteroatoms. The Labute approximate surface area is 171 Å². The van der Waals surface area contributed by atoms with E-state index in [4.69, 9.17) is 18.9 Å². The second-order valence-corrected chi connectivity index (χ2v) is 7.30. The van der Waals surface area contributed by atoms with Crippen molar-refractivity contribution in [2.75, 3.05) is 6.61 Å². The highest BCUT2D eigenvalue weighted by Crippen LogP contribution is 2.45. The van der Waals surface area contributed by atoms with Crippen molar-refractivity contribution >= 4 is 19.6 Å².